The molecule has 2 aromatic carbocycles. The molecule has 1 amide bonds. The van der Waals surface area contributed by atoms with Crippen LogP contribution < -0.4 is 9.80 Å². The van der Waals surface area contributed by atoms with Crippen LogP contribution >= 0.6 is 11.8 Å². The number of amides is 1. The van der Waals surface area contributed by atoms with E-state index in [1.54, 1.807) is 25.0 Å². The van der Waals surface area contributed by atoms with Gasteiger partial charge >= 0.3 is 12.1 Å². The molecule has 5 rings (SSSR count). The SMILES string of the molecule is CCOC(=O)[C@@H]1CCCN(C(=O)c2ccc(CSc3nc(COC)cc(N4CCN(c5cccc(C(F)(F)F)c5)CC4)n3)cc2)C1. The first-order valence-electron chi connectivity index (χ1n) is 15.4. The Bertz CT molecular complexity index is 1500. The van der Waals surface area contributed by atoms with Gasteiger partial charge in [0.2, 0.25) is 0 Å². The van der Waals surface area contributed by atoms with E-state index in [9.17, 15) is 22.8 Å². The number of thioether (sulfide) groups is 1. The molecule has 0 radical (unpaired) electrons. The van der Waals surface area contributed by atoms with Crippen molar-refractivity contribution in [1.82, 2.24) is 14.9 Å². The molecule has 0 bridgehead atoms. The number of alkyl halides is 3. The number of aromatic nitrogens is 2. The summed E-state index contributed by atoms with van der Waals surface area (Å²) in [7, 11) is 1.60. The van der Waals surface area contributed by atoms with Crippen LogP contribution in [0.3, 0.4) is 0 Å². The lowest BCUT2D eigenvalue weighted by atomic mass is 9.97. The maximum absolute atomic E-state index is 13.2. The topological polar surface area (TPSA) is 88.1 Å². The standard InChI is InChI=1S/C33H38F3N5O4S/c1-3-45-31(43)25-6-5-13-41(20-25)30(42)24-11-9-23(10-12-24)22-46-32-37-27(21-44-2)19-29(38-32)40-16-14-39(15-17-40)28-8-4-7-26(18-28)33(34,35)36/h4,7-12,18-19,25H,3,5-6,13-17,20-22H2,1-2H3/t25-/m1/s1. The summed E-state index contributed by atoms with van der Waals surface area (Å²) in [4.78, 5) is 40.6. The van der Waals surface area contributed by atoms with Gasteiger partial charge in [-0.1, -0.05) is 30.0 Å². The van der Waals surface area contributed by atoms with E-state index >= 15 is 0 Å². The quantitative estimate of drug-likeness (QED) is 0.155. The molecule has 2 fully saturated rings. The van der Waals surface area contributed by atoms with E-state index in [1.807, 2.05) is 35.2 Å². The number of esters is 1. The van der Waals surface area contributed by atoms with Crippen LogP contribution in [0.15, 0.2) is 59.8 Å². The summed E-state index contributed by atoms with van der Waals surface area (Å²) in [6, 6.07) is 14.8. The van der Waals surface area contributed by atoms with Gasteiger partial charge in [0.1, 0.15) is 5.82 Å². The van der Waals surface area contributed by atoms with Crippen LogP contribution in [0, 0.1) is 5.92 Å². The number of halogens is 3. The van der Waals surface area contributed by atoms with Crippen LogP contribution in [0.4, 0.5) is 24.7 Å². The summed E-state index contributed by atoms with van der Waals surface area (Å²) in [6.07, 6.45) is -2.89. The highest BCUT2D eigenvalue weighted by atomic mass is 32.2. The van der Waals surface area contributed by atoms with Crippen LogP contribution in [-0.4, -0.2) is 79.7 Å². The molecular weight excluding hydrogens is 619 g/mol. The molecule has 46 heavy (non-hydrogen) atoms. The number of methoxy groups -OCH3 is 1. The normalized spacial score (nSPS) is 17.2. The monoisotopic (exact) mass is 657 g/mol. The van der Waals surface area contributed by atoms with E-state index in [2.05, 4.69) is 9.88 Å². The number of piperazine rings is 1. The van der Waals surface area contributed by atoms with Gasteiger partial charge in [0.25, 0.3) is 5.91 Å². The molecule has 9 nitrogen and oxygen atoms in total. The molecule has 3 heterocycles. The molecule has 2 aliphatic heterocycles. The van der Waals surface area contributed by atoms with E-state index in [1.165, 1.54) is 23.9 Å². The van der Waals surface area contributed by atoms with Crippen molar-refractivity contribution in [2.24, 2.45) is 5.92 Å². The van der Waals surface area contributed by atoms with Crippen molar-refractivity contribution in [1.29, 1.82) is 0 Å². The molecule has 246 valence electrons. The minimum absolute atomic E-state index is 0.0957. The molecule has 0 aliphatic carbocycles. The molecule has 13 heteroatoms. The number of ether oxygens (including phenoxy) is 2. The average molecular weight is 658 g/mol. The van der Waals surface area contributed by atoms with Gasteiger partial charge in [-0.3, -0.25) is 9.59 Å². The third-order valence-electron chi connectivity index (χ3n) is 8.08. The Kier molecular flexibility index (Phi) is 11.1. The van der Waals surface area contributed by atoms with Gasteiger partial charge in [0, 0.05) is 69.4 Å². The molecule has 1 atom stereocenters. The van der Waals surface area contributed by atoms with E-state index in [0.29, 0.717) is 74.6 Å². The van der Waals surface area contributed by atoms with Gasteiger partial charge in [-0.15, -0.1) is 0 Å². The first-order valence-corrected chi connectivity index (χ1v) is 16.3. The number of hydrogen-bond acceptors (Lipinski definition) is 9. The molecule has 1 aromatic heterocycles. The molecule has 2 aliphatic rings. The maximum atomic E-state index is 13.2. The van der Waals surface area contributed by atoms with Crippen molar-refractivity contribution in [2.75, 3.05) is 62.8 Å². The third kappa shape index (κ3) is 8.49. The van der Waals surface area contributed by atoms with Gasteiger partial charge in [-0.25, -0.2) is 9.97 Å². The summed E-state index contributed by atoms with van der Waals surface area (Å²) in [6.45, 7) is 5.71. The zero-order chi connectivity index (χ0) is 32.7. The molecule has 2 saturated heterocycles. The zero-order valence-corrected chi connectivity index (χ0v) is 26.8. The predicted molar refractivity (Wildman–Crippen MR) is 170 cm³/mol. The Morgan fingerprint density at radius 2 is 1.72 bits per heavy atom. The second-order valence-corrected chi connectivity index (χ2v) is 12.2. The van der Waals surface area contributed by atoms with Crippen LogP contribution in [0.1, 0.15) is 46.9 Å². The Morgan fingerprint density at radius 1 is 0.978 bits per heavy atom. The number of likely N-dealkylation sites (tertiary alicyclic amines) is 1. The highest BCUT2D eigenvalue weighted by Crippen LogP contribution is 2.32. The van der Waals surface area contributed by atoms with Crippen LogP contribution in [-0.2, 0) is 32.8 Å². The van der Waals surface area contributed by atoms with Gasteiger partial charge < -0.3 is 24.2 Å². The number of piperidine rings is 1. The molecule has 0 spiro atoms. The van der Waals surface area contributed by atoms with E-state index < -0.39 is 11.7 Å². The highest BCUT2D eigenvalue weighted by Gasteiger charge is 2.32. The van der Waals surface area contributed by atoms with E-state index in [0.717, 1.165) is 36.0 Å². The van der Waals surface area contributed by atoms with Crippen molar-refractivity contribution in [3.05, 3.63) is 77.0 Å². The number of anilines is 2. The number of carbonyl (C=O) groups is 2. The number of carbonyl (C=O) groups excluding carboxylic acids is 2. The summed E-state index contributed by atoms with van der Waals surface area (Å²) < 4.78 is 50.2. The number of nitrogens with zero attached hydrogens (tertiary/aromatic N) is 5. The highest BCUT2D eigenvalue weighted by molar-refractivity contribution is 7.98. The molecule has 0 unspecified atom stereocenters. The zero-order valence-electron chi connectivity index (χ0n) is 26.0. The fraction of sp³-hybridized carbons (Fsp3) is 0.455. The lowest BCUT2D eigenvalue weighted by Crippen LogP contribution is -2.47. The summed E-state index contributed by atoms with van der Waals surface area (Å²) in [5.41, 5.74) is 2.21. The maximum Gasteiger partial charge on any atom is 0.416 e. The average Bonchev–Trinajstić information content (AvgIpc) is 3.07. The molecule has 0 saturated carbocycles. The Morgan fingerprint density at radius 3 is 2.41 bits per heavy atom. The molecule has 0 N–H and O–H groups in total. The minimum atomic E-state index is -4.38. The van der Waals surface area contributed by atoms with Crippen molar-refractivity contribution in [3.63, 3.8) is 0 Å². The first-order chi connectivity index (χ1) is 22.1. The van der Waals surface area contributed by atoms with Gasteiger partial charge in [0.05, 0.1) is 30.4 Å². The van der Waals surface area contributed by atoms with Gasteiger partial charge in [-0.2, -0.15) is 13.2 Å². The van der Waals surface area contributed by atoms with Crippen LogP contribution in [0.5, 0.6) is 0 Å². The van der Waals surface area contributed by atoms with Crippen LogP contribution in [0.25, 0.3) is 0 Å². The lowest BCUT2D eigenvalue weighted by Gasteiger charge is -2.37. The van der Waals surface area contributed by atoms with Crippen molar-refractivity contribution >= 4 is 35.1 Å². The fourth-order valence-electron chi connectivity index (χ4n) is 5.67. The largest absolute Gasteiger partial charge is 0.466 e. The van der Waals surface area contributed by atoms with Crippen molar-refractivity contribution < 1.29 is 32.2 Å². The van der Waals surface area contributed by atoms with E-state index in [4.69, 9.17) is 14.5 Å². The first kappa shape index (κ1) is 33.5. The summed E-state index contributed by atoms with van der Waals surface area (Å²) >= 11 is 1.48. The summed E-state index contributed by atoms with van der Waals surface area (Å²) in [5, 5.41) is 0.586. The number of hydrogen-bond donors (Lipinski definition) is 0. The van der Waals surface area contributed by atoms with Gasteiger partial charge in [0.15, 0.2) is 5.16 Å². The number of benzene rings is 2. The Balaban J connectivity index is 1.19. The second kappa shape index (κ2) is 15.2. The number of rotatable bonds is 10. The lowest BCUT2D eigenvalue weighted by molar-refractivity contribution is -0.149. The Labute approximate surface area is 271 Å². The van der Waals surface area contributed by atoms with Crippen LogP contribution in [0.2, 0.25) is 0 Å². The predicted octanol–water partition coefficient (Wildman–Crippen LogP) is 5.68. The Hall–Kier alpha value is -3.84. The fourth-order valence-corrected chi connectivity index (χ4v) is 6.50. The molecular formula is C33H38F3N5O4S. The van der Waals surface area contributed by atoms with Gasteiger partial charge in [-0.05, 0) is 55.7 Å². The van der Waals surface area contributed by atoms with Crippen molar-refractivity contribution in [3.8, 4) is 0 Å². The van der Waals surface area contributed by atoms with Crippen molar-refractivity contribution in [2.45, 2.75) is 43.5 Å². The molecule has 3 aromatic rings. The third-order valence-corrected chi connectivity index (χ3v) is 9.00. The minimum Gasteiger partial charge on any atom is -0.466 e. The second-order valence-electron chi connectivity index (χ2n) is 11.3. The summed E-state index contributed by atoms with van der Waals surface area (Å²) in [5.74, 6) is 0.705. The van der Waals surface area contributed by atoms with E-state index in [-0.39, 0.29) is 17.8 Å². The smallest absolute Gasteiger partial charge is 0.416 e.